The number of aromatic nitrogens is 2. The van der Waals surface area contributed by atoms with Gasteiger partial charge in [-0.05, 0) is 36.3 Å². The molecule has 0 aliphatic rings. The van der Waals surface area contributed by atoms with Crippen LogP contribution in [0.4, 0.5) is 0 Å². The van der Waals surface area contributed by atoms with Crippen molar-refractivity contribution in [3.8, 4) is 11.3 Å². The van der Waals surface area contributed by atoms with Crippen LogP contribution in [0.2, 0.25) is 5.02 Å². The third-order valence-corrected chi connectivity index (χ3v) is 4.34. The van der Waals surface area contributed by atoms with Gasteiger partial charge in [-0.15, -0.1) is 12.4 Å². The number of nitrogens with zero attached hydrogens (tertiary/aromatic N) is 2. The van der Waals surface area contributed by atoms with E-state index < -0.39 is 5.91 Å². The molecule has 140 valence electrons. The molecule has 0 spiro atoms. The molecule has 3 aromatic rings. The topological polar surface area (TPSA) is 67.2 Å². The van der Waals surface area contributed by atoms with Gasteiger partial charge in [-0.25, -0.2) is 10.5 Å². The lowest BCUT2D eigenvalue weighted by Gasteiger charge is -2.07. The predicted molar refractivity (Wildman–Crippen MR) is 109 cm³/mol. The number of benzene rings is 2. The fourth-order valence-corrected chi connectivity index (χ4v) is 2.76. The Morgan fingerprint density at radius 2 is 1.85 bits per heavy atom. The van der Waals surface area contributed by atoms with Crippen LogP contribution in [0.1, 0.15) is 16.8 Å². The lowest BCUT2D eigenvalue weighted by atomic mass is 10.1. The standard InChI is InChI=1S/C20H18ClN3O2.ClH/c1-14-20(17-7-9-18(21)10-8-17)22-13-24(14)12-16-4-2-15(3-5-16)6-11-19(25)23-26;/h2-11,13,26H,12H2,1H3,(H,23,25);1H/b11-6+;. The molecular weight excluding hydrogens is 385 g/mol. The minimum absolute atomic E-state index is 0. The van der Waals surface area contributed by atoms with E-state index in [1.165, 1.54) is 6.08 Å². The molecule has 1 amide bonds. The van der Waals surface area contributed by atoms with Gasteiger partial charge in [0, 0.05) is 28.9 Å². The SMILES string of the molecule is Cc1c(-c2ccc(Cl)cc2)ncn1Cc1ccc(/C=C/C(=O)NO)cc1.Cl. The summed E-state index contributed by atoms with van der Waals surface area (Å²) in [6.45, 7) is 2.75. The first-order valence-electron chi connectivity index (χ1n) is 8.05. The molecule has 3 rings (SSSR count). The van der Waals surface area contributed by atoms with Crippen LogP contribution in [0.15, 0.2) is 60.9 Å². The smallest absolute Gasteiger partial charge is 0.267 e. The van der Waals surface area contributed by atoms with Crippen molar-refractivity contribution in [3.63, 3.8) is 0 Å². The van der Waals surface area contributed by atoms with Gasteiger partial charge in [0.05, 0.1) is 12.0 Å². The van der Waals surface area contributed by atoms with Gasteiger partial charge in [-0.3, -0.25) is 10.0 Å². The van der Waals surface area contributed by atoms with Crippen LogP contribution in [-0.4, -0.2) is 20.7 Å². The Labute approximate surface area is 168 Å². The number of hydrogen-bond donors (Lipinski definition) is 2. The predicted octanol–water partition coefficient (Wildman–Crippen LogP) is 4.50. The van der Waals surface area contributed by atoms with Gasteiger partial charge in [0.2, 0.25) is 0 Å². The summed E-state index contributed by atoms with van der Waals surface area (Å²) in [7, 11) is 0. The largest absolute Gasteiger partial charge is 0.330 e. The van der Waals surface area contributed by atoms with Crippen molar-refractivity contribution in [1.29, 1.82) is 0 Å². The molecule has 0 saturated heterocycles. The molecule has 0 atom stereocenters. The summed E-state index contributed by atoms with van der Waals surface area (Å²) in [5.74, 6) is -0.558. The van der Waals surface area contributed by atoms with E-state index in [-0.39, 0.29) is 12.4 Å². The van der Waals surface area contributed by atoms with Crippen molar-refractivity contribution in [2.24, 2.45) is 0 Å². The fourth-order valence-electron chi connectivity index (χ4n) is 2.63. The number of carbonyl (C=O) groups is 1. The van der Waals surface area contributed by atoms with Crippen molar-refractivity contribution >= 4 is 36.0 Å². The molecular formula is C20H19Cl2N3O2. The van der Waals surface area contributed by atoms with Crippen molar-refractivity contribution < 1.29 is 10.0 Å². The Bertz CT molecular complexity index is 933. The molecule has 1 heterocycles. The summed E-state index contributed by atoms with van der Waals surface area (Å²) in [5.41, 5.74) is 6.62. The molecule has 5 nitrogen and oxygen atoms in total. The first-order valence-corrected chi connectivity index (χ1v) is 8.43. The van der Waals surface area contributed by atoms with Crippen LogP contribution in [0.25, 0.3) is 17.3 Å². The number of halogens is 2. The zero-order valence-electron chi connectivity index (χ0n) is 14.6. The average molecular weight is 404 g/mol. The summed E-state index contributed by atoms with van der Waals surface area (Å²) >= 11 is 5.95. The third kappa shape index (κ3) is 5.20. The highest BCUT2D eigenvalue weighted by Crippen LogP contribution is 2.24. The lowest BCUT2D eigenvalue weighted by Crippen LogP contribution is -2.14. The van der Waals surface area contributed by atoms with E-state index >= 15 is 0 Å². The highest BCUT2D eigenvalue weighted by Gasteiger charge is 2.09. The maximum absolute atomic E-state index is 11.0. The Balaban J connectivity index is 0.00000261. The average Bonchev–Trinajstić information content (AvgIpc) is 3.02. The molecule has 0 unspecified atom stereocenters. The first-order chi connectivity index (χ1) is 12.6. The summed E-state index contributed by atoms with van der Waals surface area (Å²) in [6.07, 6.45) is 4.74. The Morgan fingerprint density at radius 1 is 1.19 bits per heavy atom. The summed E-state index contributed by atoms with van der Waals surface area (Å²) in [4.78, 5) is 15.5. The minimum atomic E-state index is -0.558. The quantitative estimate of drug-likeness (QED) is 0.374. The molecule has 0 bridgehead atoms. The number of imidazole rings is 1. The second kappa shape index (κ2) is 9.37. The van der Waals surface area contributed by atoms with Crippen LogP contribution in [0, 0.1) is 6.92 Å². The van der Waals surface area contributed by atoms with Gasteiger partial charge in [0.25, 0.3) is 5.91 Å². The fraction of sp³-hybridized carbons (Fsp3) is 0.100. The number of carbonyl (C=O) groups excluding carboxylic acids is 1. The van der Waals surface area contributed by atoms with E-state index in [2.05, 4.69) is 9.55 Å². The van der Waals surface area contributed by atoms with Crippen molar-refractivity contribution in [2.45, 2.75) is 13.5 Å². The molecule has 1 aromatic heterocycles. The Morgan fingerprint density at radius 3 is 2.48 bits per heavy atom. The van der Waals surface area contributed by atoms with E-state index in [1.807, 2.05) is 61.8 Å². The van der Waals surface area contributed by atoms with E-state index in [4.69, 9.17) is 16.8 Å². The van der Waals surface area contributed by atoms with Gasteiger partial charge < -0.3 is 4.57 Å². The molecule has 2 aromatic carbocycles. The van der Waals surface area contributed by atoms with Crippen molar-refractivity contribution in [2.75, 3.05) is 0 Å². The maximum atomic E-state index is 11.0. The Hall–Kier alpha value is -2.60. The monoisotopic (exact) mass is 403 g/mol. The molecule has 2 N–H and O–H groups in total. The van der Waals surface area contributed by atoms with E-state index in [9.17, 15) is 4.79 Å². The molecule has 0 saturated carbocycles. The van der Waals surface area contributed by atoms with Gasteiger partial charge in [-0.1, -0.05) is 48.0 Å². The molecule has 0 aliphatic heterocycles. The van der Waals surface area contributed by atoms with Gasteiger partial charge in [0.15, 0.2) is 0 Å². The van der Waals surface area contributed by atoms with Crippen molar-refractivity contribution in [3.05, 3.63) is 82.8 Å². The van der Waals surface area contributed by atoms with E-state index in [0.717, 1.165) is 28.1 Å². The summed E-state index contributed by atoms with van der Waals surface area (Å²) in [5, 5.41) is 9.18. The minimum Gasteiger partial charge on any atom is -0.330 e. The molecule has 27 heavy (non-hydrogen) atoms. The van der Waals surface area contributed by atoms with Gasteiger partial charge in [-0.2, -0.15) is 0 Å². The normalized spacial score (nSPS) is 10.6. The second-order valence-electron chi connectivity index (χ2n) is 5.86. The zero-order valence-corrected chi connectivity index (χ0v) is 16.2. The molecule has 7 heteroatoms. The first kappa shape index (κ1) is 20.7. The lowest BCUT2D eigenvalue weighted by molar-refractivity contribution is -0.124. The summed E-state index contributed by atoms with van der Waals surface area (Å²) in [6, 6.07) is 15.5. The zero-order chi connectivity index (χ0) is 18.5. The number of hydrogen-bond acceptors (Lipinski definition) is 3. The van der Waals surface area contributed by atoms with Gasteiger partial charge in [0.1, 0.15) is 0 Å². The van der Waals surface area contributed by atoms with Crippen LogP contribution in [0.5, 0.6) is 0 Å². The molecule has 0 fully saturated rings. The van der Waals surface area contributed by atoms with E-state index in [1.54, 1.807) is 11.6 Å². The summed E-state index contributed by atoms with van der Waals surface area (Å²) < 4.78 is 2.09. The van der Waals surface area contributed by atoms with Crippen LogP contribution in [0.3, 0.4) is 0 Å². The third-order valence-electron chi connectivity index (χ3n) is 4.09. The Kier molecular flexibility index (Phi) is 7.19. The molecule has 0 radical (unpaired) electrons. The number of hydroxylamine groups is 1. The highest BCUT2D eigenvalue weighted by molar-refractivity contribution is 6.30. The molecule has 0 aliphatic carbocycles. The highest BCUT2D eigenvalue weighted by atomic mass is 35.5. The number of nitrogens with one attached hydrogen (secondary N) is 1. The number of rotatable bonds is 5. The van der Waals surface area contributed by atoms with Crippen molar-refractivity contribution in [1.82, 2.24) is 15.0 Å². The number of amides is 1. The van der Waals surface area contributed by atoms with Crippen LogP contribution >= 0.6 is 24.0 Å². The van der Waals surface area contributed by atoms with Crippen LogP contribution in [-0.2, 0) is 11.3 Å². The maximum Gasteiger partial charge on any atom is 0.267 e. The van der Waals surface area contributed by atoms with Crippen LogP contribution < -0.4 is 5.48 Å². The van der Waals surface area contributed by atoms with E-state index in [0.29, 0.717) is 11.6 Å². The van der Waals surface area contributed by atoms with Gasteiger partial charge >= 0.3 is 0 Å². The second-order valence-corrected chi connectivity index (χ2v) is 6.30.